The highest BCUT2D eigenvalue weighted by Crippen LogP contribution is 2.43. The summed E-state index contributed by atoms with van der Waals surface area (Å²) in [4.78, 5) is 17.0. The summed E-state index contributed by atoms with van der Waals surface area (Å²) in [7, 11) is 1.37. The molecule has 224 valence electrons. The summed E-state index contributed by atoms with van der Waals surface area (Å²) in [6.45, 7) is 4.16. The number of rotatable bonds is 4. The molecule has 0 bridgehead atoms. The molecule has 3 aliphatic rings. The summed E-state index contributed by atoms with van der Waals surface area (Å²) in [5.74, 6) is 1.07. The van der Waals surface area contributed by atoms with Crippen molar-refractivity contribution in [3.8, 4) is 35.4 Å². The van der Waals surface area contributed by atoms with E-state index in [1.54, 1.807) is 0 Å². The highest BCUT2D eigenvalue weighted by molar-refractivity contribution is 6.03. The summed E-state index contributed by atoms with van der Waals surface area (Å²) in [6.07, 6.45) is 10.5. The molecule has 2 N–H and O–H groups in total. The van der Waals surface area contributed by atoms with Crippen molar-refractivity contribution < 1.29 is 28.1 Å². The van der Waals surface area contributed by atoms with Crippen LogP contribution >= 0.6 is 0 Å². The Kier molecular flexibility index (Phi) is 7.52. The Hall–Kier alpha value is -4.14. The number of aliphatic hydroxyl groups is 1. The lowest BCUT2D eigenvalue weighted by molar-refractivity contribution is 0.153. The van der Waals surface area contributed by atoms with Gasteiger partial charge < -0.3 is 19.8 Å². The van der Waals surface area contributed by atoms with Crippen LogP contribution in [-0.2, 0) is 0 Å². The van der Waals surface area contributed by atoms with Gasteiger partial charge in [0.15, 0.2) is 5.82 Å². The topological polar surface area (TPSA) is 94.8 Å². The summed E-state index contributed by atoms with van der Waals surface area (Å²) in [5, 5.41) is 21.3. The largest absolute Gasteiger partial charge is 0.508 e. The van der Waals surface area contributed by atoms with E-state index >= 15 is 4.39 Å². The zero-order valence-corrected chi connectivity index (χ0v) is 23.9. The maximum Gasteiger partial charge on any atom is 0.316 e. The fourth-order valence-corrected chi connectivity index (χ4v) is 6.42. The number of anilines is 1. The maximum atomic E-state index is 16.0. The minimum atomic E-state index is -0.801. The number of hydrogen-bond acceptors (Lipinski definition) is 8. The number of pyridine rings is 1. The third-order valence-corrected chi connectivity index (χ3v) is 8.86. The fourth-order valence-electron chi connectivity index (χ4n) is 6.42. The van der Waals surface area contributed by atoms with Crippen LogP contribution in [0.3, 0.4) is 0 Å². The number of hydrogen-bond donors (Lipinski definition) is 2. The molecule has 3 aliphatic heterocycles. The van der Waals surface area contributed by atoms with Gasteiger partial charge in [-0.15, -0.1) is 6.42 Å². The van der Waals surface area contributed by atoms with Gasteiger partial charge in [-0.25, -0.2) is 23.1 Å². The van der Waals surface area contributed by atoms with Crippen LogP contribution in [0.25, 0.3) is 32.9 Å². The van der Waals surface area contributed by atoms with Gasteiger partial charge in [-0.2, -0.15) is 4.98 Å². The zero-order chi connectivity index (χ0) is 30.5. The first kappa shape index (κ1) is 29.0. The molecule has 3 fully saturated rings. The predicted molar refractivity (Wildman–Crippen MR) is 158 cm³/mol. The molecule has 7 rings (SSSR count). The fraction of sp³-hybridized carbons (Fsp3) is 0.406. The molecule has 0 spiro atoms. The molecule has 2 aromatic carbocycles. The Morgan fingerprint density at radius 2 is 2.02 bits per heavy atom. The number of methoxy groups -OCH3 is 1. The van der Waals surface area contributed by atoms with Crippen LogP contribution in [0.2, 0.25) is 0 Å². The van der Waals surface area contributed by atoms with Crippen LogP contribution in [0, 0.1) is 24.0 Å². The van der Waals surface area contributed by atoms with Crippen LogP contribution in [0.15, 0.2) is 30.5 Å². The third kappa shape index (κ3) is 4.98. The number of halogens is 3. The summed E-state index contributed by atoms with van der Waals surface area (Å²) in [5.41, 5.74) is -0.786. The van der Waals surface area contributed by atoms with E-state index in [1.165, 1.54) is 50.4 Å². The molecule has 8 nitrogen and oxygen atoms in total. The van der Waals surface area contributed by atoms with Gasteiger partial charge in [0.1, 0.15) is 34.8 Å². The van der Waals surface area contributed by atoms with Crippen LogP contribution in [-0.4, -0.2) is 81.2 Å². The lowest BCUT2D eigenvalue weighted by Gasteiger charge is -2.50. The van der Waals surface area contributed by atoms with Gasteiger partial charge in [-0.3, -0.25) is 4.90 Å². The minimum Gasteiger partial charge on any atom is -0.508 e. The van der Waals surface area contributed by atoms with Crippen LogP contribution < -0.4 is 9.64 Å². The second kappa shape index (κ2) is 11.2. The number of aliphatic hydroxyl groups excluding tert-OH is 1. The van der Waals surface area contributed by atoms with E-state index < -0.39 is 23.3 Å². The van der Waals surface area contributed by atoms with Gasteiger partial charge >= 0.3 is 6.01 Å². The van der Waals surface area contributed by atoms with E-state index in [0.29, 0.717) is 42.1 Å². The molecule has 11 heteroatoms. The van der Waals surface area contributed by atoms with Gasteiger partial charge in [-0.05, 0) is 62.7 Å². The molecule has 5 heterocycles. The van der Waals surface area contributed by atoms with E-state index in [2.05, 4.69) is 25.8 Å². The number of phenolic OH excluding ortho intramolecular Hbond substituents is 1. The molecule has 0 aliphatic carbocycles. The molecule has 0 radical (unpaired) electrons. The van der Waals surface area contributed by atoms with Crippen molar-refractivity contribution in [3.63, 3.8) is 0 Å². The number of nitrogens with zero attached hydrogens (tertiary/aromatic N) is 5. The van der Waals surface area contributed by atoms with Crippen molar-refractivity contribution in [3.05, 3.63) is 47.7 Å². The molecular formula is C32H32F3N5O3. The first-order valence-corrected chi connectivity index (χ1v) is 14.3. The number of benzene rings is 2. The lowest BCUT2D eigenvalue weighted by atomic mass is 9.87. The third-order valence-electron chi connectivity index (χ3n) is 8.86. The van der Waals surface area contributed by atoms with Gasteiger partial charge in [-0.1, -0.05) is 12.0 Å². The normalized spacial score (nSPS) is 23.0. The number of alkyl halides is 1. The second-order valence-corrected chi connectivity index (χ2v) is 11.6. The highest BCUT2D eigenvalue weighted by atomic mass is 19.1. The minimum absolute atomic E-state index is 0.0424. The van der Waals surface area contributed by atoms with Crippen LogP contribution in [0.4, 0.5) is 19.0 Å². The lowest BCUT2D eigenvalue weighted by Crippen LogP contribution is -2.61. The Bertz CT molecular complexity index is 1750. The van der Waals surface area contributed by atoms with E-state index in [-0.39, 0.29) is 46.1 Å². The average molecular weight is 592 g/mol. The number of aromatic hydroxyl groups is 1. The molecule has 0 saturated carbocycles. The highest BCUT2D eigenvalue weighted by Gasteiger charge is 2.42. The second-order valence-electron chi connectivity index (χ2n) is 11.6. The predicted octanol–water partition coefficient (Wildman–Crippen LogP) is 4.97. The van der Waals surface area contributed by atoms with Crippen LogP contribution in [0.1, 0.15) is 38.2 Å². The molecule has 3 unspecified atom stereocenters. The molecule has 3 saturated heterocycles. The number of ether oxygens (including phenoxy) is 1. The molecule has 3 atom stereocenters. The number of phenols is 1. The zero-order valence-electron chi connectivity index (χ0n) is 23.9. The summed E-state index contributed by atoms with van der Waals surface area (Å²) in [6, 6.07) is 5.93. The number of terminal acetylenes is 1. The number of aromatic nitrogens is 3. The van der Waals surface area contributed by atoms with Gasteiger partial charge in [0, 0.05) is 36.3 Å². The van der Waals surface area contributed by atoms with E-state index in [9.17, 15) is 19.0 Å². The van der Waals surface area contributed by atoms with Crippen LogP contribution in [0.5, 0.6) is 11.8 Å². The van der Waals surface area contributed by atoms with Crippen molar-refractivity contribution in [1.82, 2.24) is 19.9 Å². The van der Waals surface area contributed by atoms with Crippen molar-refractivity contribution in [1.29, 1.82) is 0 Å². The quantitative estimate of drug-likeness (QED) is 0.322. The van der Waals surface area contributed by atoms with E-state index in [0.717, 1.165) is 13.0 Å². The first-order chi connectivity index (χ1) is 20.7. The Morgan fingerprint density at radius 1 is 1.21 bits per heavy atom. The van der Waals surface area contributed by atoms with E-state index in [1.807, 2.05) is 11.8 Å². The van der Waals surface area contributed by atoms with Crippen molar-refractivity contribution in [2.75, 3.05) is 38.3 Å². The maximum absolute atomic E-state index is 16.0. The Labute approximate surface area is 247 Å². The Morgan fingerprint density at radius 3 is 2.70 bits per heavy atom. The van der Waals surface area contributed by atoms with Crippen molar-refractivity contribution in [2.45, 2.75) is 50.4 Å². The molecule has 43 heavy (non-hydrogen) atoms. The molecular weight excluding hydrogens is 559 g/mol. The standard InChI is InChI=1S/C25H20F2N4O3.C7H12FN/c1-4-15-18(26)6-5-13-9-14(33)10-16(19(13)15)21-20(27)22-17(11-28-24(30-22)34-3)23(29-21)31-8-7-25(31,2)12-32;8-6-4-7-2-1-3-9(7)5-6/h1,5-6,9-11,32-33H,7-8,12H2,2-3H3;6-7H,1-5H2. The Balaban J connectivity index is 0.000000310. The van der Waals surface area contributed by atoms with Crippen molar-refractivity contribution in [2.24, 2.45) is 0 Å². The molecule has 0 amide bonds. The average Bonchev–Trinajstić information content (AvgIpc) is 3.58. The van der Waals surface area contributed by atoms with E-state index in [4.69, 9.17) is 11.2 Å². The first-order valence-electron chi connectivity index (χ1n) is 14.3. The van der Waals surface area contributed by atoms with Gasteiger partial charge in [0.25, 0.3) is 0 Å². The SMILES string of the molecule is C#Cc1c(F)ccc2cc(O)cc(-c3nc(N4CCC4(C)CO)c4cnc(OC)nc4c3F)c12.FC1CC2CCCN2C1. The molecule has 2 aromatic heterocycles. The summed E-state index contributed by atoms with van der Waals surface area (Å²) >= 11 is 0. The smallest absolute Gasteiger partial charge is 0.316 e. The van der Waals surface area contributed by atoms with Gasteiger partial charge in [0.05, 0.1) is 30.2 Å². The number of fused-ring (bicyclic) bond motifs is 3. The van der Waals surface area contributed by atoms with Gasteiger partial charge in [0.2, 0.25) is 0 Å². The van der Waals surface area contributed by atoms with Crippen molar-refractivity contribution >= 4 is 27.5 Å². The summed E-state index contributed by atoms with van der Waals surface area (Å²) < 4.78 is 48.3. The molecule has 4 aromatic rings. The monoisotopic (exact) mass is 591 g/mol.